The highest BCUT2D eigenvalue weighted by molar-refractivity contribution is 5.87. The van der Waals surface area contributed by atoms with E-state index in [0.717, 1.165) is 121 Å². The van der Waals surface area contributed by atoms with Crippen molar-refractivity contribution in [3.63, 3.8) is 0 Å². The van der Waals surface area contributed by atoms with Crippen LogP contribution in [0.2, 0.25) is 0 Å². The number of aryl methyl sites for hydroxylation is 1. The fourth-order valence-electron chi connectivity index (χ4n) is 8.80. The summed E-state index contributed by atoms with van der Waals surface area (Å²) in [5.74, 6) is 1.59. The Bertz CT molecular complexity index is 2210. The number of benzene rings is 3. The number of fused-ring (bicyclic) bond motifs is 3. The minimum Gasteiger partial charge on any atom is -0.453 e. The molecule has 3 amide bonds. The van der Waals surface area contributed by atoms with Crippen molar-refractivity contribution in [1.29, 1.82) is 0 Å². The summed E-state index contributed by atoms with van der Waals surface area (Å²) in [4.78, 5) is 57.7. The Morgan fingerprint density at radius 3 is 2.29 bits per heavy atom. The Kier molecular flexibility index (Phi) is 12.2. The number of carbonyl (C=O) groups is 3. The first-order valence-corrected chi connectivity index (χ1v) is 21.2. The van der Waals surface area contributed by atoms with Crippen molar-refractivity contribution in [2.45, 2.75) is 102 Å². The second-order valence-corrected chi connectivity index (χ2v) is 16.2. The minimum atomic E-state index is -0.693. The van der Waals surface area contributed by atoms with Crippen molar-refractivity contribution in [1.82, 2.24) is 35.5 Å². The van der Waals surface area contributed by atoms with Gasteiger partial charge in [-0.05, 0) is 96.9 Å². The third-order valence-electron chi connectivity index (χ3n) is 12.2. The van der Waals surface area contributed by atoms with Crippen LogP contribution in [-0.2, 0) is 25.5 Å². The van der Waals surface area contributed by atoms with E-state index in [-0.39, 0.29) is 23.8 Å². The van der Waals surface area contributed by atoms with E-state index in [4.69, 9.17) is 14.5 Å². The topological polar surface area (TPSA) is 154 Å². The van der Waals surface area contributed by atoms with Gasteiger partial charge < -0.3 is 35.0 Å². The lowest BCUT2D eigenvalue weighted by Crippen LogP contribution is -2.48. The quantitative estimate of drug-likeness (QED) is 0.139. The molecule has 4 atom stereocenters. The van der Waals surface area contributed by atoms with Gasteiger partial charge in [0.2, 0.25) is 11.8 Å². The number of alkyl carbamates (subject to hydrolysis) is 1. The zero-order valence-electron chi connectivity index (χ0n) is 33.6. The number of aromatic nitrogens is 4. The maximum Gasteiger partial charge on any atom is 0.407 e. The molecule has 2 aromatic heterocycles. The molecule has 12 nitrogen and oxygen atoms in total. The van der Waals surface area contributed by atoms with Crippen molar-refractivity contribution in [3.05, 3.63) is 84.1 Å². The van der Waals surface area contributed by atoms with Gasteiger partial charge in [-0.15, -0.1) is 0 Å². The van der Waals surface area contributed by atoms with Gasteiger partial charge in [0.05, 0.1) is 42.1 Å². The normalized spacial score (nSPS) is 22.5. The highest BCUT2D eigenvalue weighted by Gasteiger charge is 2.34. The zero-order chi connectivity index (χ0) is 40.0. The van der Waals surface area contributed by atoms with Crippen molar-refractivity contribution >= 4 is 28.9 Å². The lowest BCUT2D eigenvalue weighted by molar-refractivity contribution is -0.136. The smallest absolute Gasteiger partial charge is 0.407 e. The van der Waals surface area contributed by atoms with Crippen molar-refractivity contribution in [2.24, 2.45) is 5.92 Å². The molecular weight excluding hydrogens is 731 g/mol. The number of nitrogens with one attached hydrogen (secondary N) is 4. The molecule has 8 rings (SSSR count). The van der Waals surface area contributed by atoms with Gasteiger partial charge in [0.15, 0.2) is 0 Å². The zero-order valence-corrected chi connectivity index (χ0v) is 33.6. The molecule has 5 heterocycles. The minimum absolute atomic E-state index is 0.0132. The summed E-state index contributed by atoms with van der Waals surface area (Å²) >= 11 is 0. The standard InChI is InChI=1S/C46H55N7O5/c1-29-10-5-3-6-11-34-26-35(27-38-41(34)52-43(48-38)40-13-9-23-53(40)45(29)55)32-16-14-30(15-17-32)31-18-20-33(21-19-31)39-28-47-42(49-39)36-22-25-58-24-8-4-7-12-37(44(54)50-36)51-46(56)57-2/h14-21,26-29,36-37,40H,3-13,22-25H2,1-2H3,(H,47,49)(H,48,52)(H,50,54)(H,51,56)/t29-,36-,37-,40?/m0/s1. The Hall–Kier alpha value is -5.49. The van der Waals surface area contributed by atoms with Gasteiger partial charge in [0.25, 0.3) is 0 Å². The lowest BCUT2D eigenvalue weighted by atomic mass is 9.95. The monoisotopic (exact) mass is 785 g/mol. The number of imidazole rings is 2. The summed E-state index contributed by atoms with van der Waals surface area (Å²) in [6.45, 7) is 4.02. The molecule has 304 valence electrons. The molecule has 0 saturated carbocycles. The Balaban J connectivity index is 0.981. The average molecular weight is 786 g/mol. The number of rotatable bonds is 5. The Morgan fingerprint density at radius 1 is 0.793 bits per heavy atom. The molecule has 3 aliphatic rings. The Labute approximate surface area is 339 Å². The SMILES string of the molecule is COC(=O)N[C@H]1CCCCCOCC[C@@H](c2ncc(-c3ccc(-c4ccc(-c5cc6c7[nH]c(nc7c5)C5CCCN5C(=O)[C@@H](C)CCCCC6)cc4)cc3)[nH]2)NC1=O. The molecule has 3 aromatic carbocycles. The summed E-state index contributed by atoms with van der Waals surface area (Å²) < 4.78 is 10.6. The number of hydrogen-bond acceptors (Lipinski definition) is 7. The molecule has 2 bridgehead atoms. The Morgan fingerprint density at radius 2 is 1.52 bits per heavy atom. The predicted molar refractivity (Wildman–Crippen MR) is 224 cm³/mol. The van der Waals surface area contributed by atoms with E-state index in [1.807, 2.05) is 0 Å². The number of carbonyl (C=O) groups excluding carboxylic acids is 3. The van der Waals surface area contributed by atoms with E-state index in [0.29, 0.717) is 31.9 Å². The molecule has 0 radical (unpaired) electrons. The van der Waals surface area contributed by atoms with Crippen LogP contribution < -0.4 is 10.6 Å². The highest BCUT2D eigenvalue weighted by Crippen LogP contribution is 2.36. The van der Waals surface area contributed by atoms with E-state index in [9.17, 15) is 14.4 Å². The van der Waals surface area contributed by atoms with Gasteiger partial charge in [0.1, 0.15) is 17.7 Å². The van der Waals surface area contributed by atoms with Crippen LogP contribution in [0.3, 0.4) is 0 Å². The van der Waals surface area contributed by atoms with Crippen LogP contribution in [0.5, 0.6) is 0 Å². The molecule has 2 saturated heterocycles. The van der Waals surface area contributed by atoms with Crippen LogP contribution in [0, 0.1) is 5.92 Å². The van der Waals surface area contributed by atoms with Crippen molar-refractivity contribution < 1.29 is 23.9 Å². The van der Waals surface area contributed by atoms with Crippen LogP contribution in [0.15, 0.2) is 66.9 Å². The number of hydrogen-bond donors (Lipinski definition) is 4. The van der Waals surface area contributed by atoms with E-state index in [2.05, 4.69) is 98.1 Å². The predicted octanol–water partition coefficient (Wildman–Crippen LogP) is 8.57. The molecule has 5 aromatic rings. The molecule has 58 heavy (non-hydrogen) atoms. The molecule has 0 aliphatic carbocycles. The second kappa shape index (κ2) is 18.0. The van der Waals surface area contributed by atoms with Crippen LogP contribution in [-0.4, -0.2) is 75.7 Å². The summed E-state index contributed by atoms with van der Waals surface area (Å²) in [6.07, 6.45) is 11.9. The fraction of sp³-hybridized carbons (Fsp3) is 0.457. The number of aromatic amines is 2. The highest BCUT2D eigenvalue weighted by atomic mass is 16.5. The van der Waals surface area contributed by atoms with E-state index >= 15 is 0 Å². The van der Waals surface area contributed by atoms with Crippen LogP contribution in [0.1, 0.15) is 107 Å². The van der Waals surface area contributed by atoms with Gasteiger partial charge >= 0.3 is 6.09 Å². The molecule has 2 fully saturated rings. The third kappa shape index (κ3) is 8.82. The summed E-state index contributed by atoms with van der Waals surface area (Å²) in [5, 5.41) is 5.77. The van der Waals surface area contributed by atoms with Crippen LogP contribution >= 0.6 is 0 Å². The van der Waals surface area contributed by atoms with E-state index in [1.165, 1.54) is 12.7 Å². The van der Waals surface area contributed by atoms with Crippen molar-refractivity contribution in [2.75, 3.05) is 26.9 Å². The largest absolute Gasteiger partial charge is 0.453 e. The third-order valence-corrected chi connectivity index (χ3v) is 12.2. The molecule has 12 heteroatoms. The number of ether oxygens (including phenoxy) is 2. The number of amides is 3. The van der Waals surface area contributed by atoms with Gasteiger partial charge in [-0.2, -0.15) is 0 Å². The molecular formula is C46H55N7O5. The fourth-order valence-corrected chi connectivity index (χ4v) is 8.80. The second-order valence-electron chi connectivity index (χ2n) is 16.2. The maximum atomic E-state index is 13.4. The molecule has 4 N–H and O–H groups in total. The van der Waals surface area contributed by atoms with Crippen LogP contribution in [0.4, 0.5) is 4.79 Å². The first-order chi connectivity index (χ1) is 28.3. The number of nitrogens with zero attached hydrogens (tertiary/aromatic N) is 3. The molecule has 3 aliphatic heterocycles. The summed E-state index contributed by atoms with van der Waals surface area (Å²) in [6, 6.07) is 20.5. The van der Waals surface area contributed by atoms with Gasteiger partial charge in [-0.25, -0.2) is 14.8 Å². The number of methoxy groups -OCH3 is 1. The molecule has 1 unspecified atom stereocenters. The lowest BCUT2D eigenvalue weighted by Gasteiger charge is -2.26. The van der Waals surface area contributed by atoms with Gasteiger partial charge in [-0.1, -0.05) is 81.1 Å². The first kappa shape index (κ1) is 39.3. The van der Waals surface area contributed by atoms with Gasteiger partial charge in [-0.3, -0.25) is 9.59 Å². The van der Waals surface area contributed by atoms with Crippen LogP contribution in [0.25, 0.3) is 44.5 Å². The summed E-state index contributed by atoms with van der Waals surface area (Å²) in [7, 11) is 1.29. The number of H-pyrrole nitrogens is 2. The first-order valence-electron chi connectivity index (χ1n) is 21.2. The average Bonchev–Trinajstić information content (AvgIpc) is 4.03. The maximum absolute atomic E-state index is 13.4. The van der Waals surface area contributed by atoms with E-state index in [1.54, 1.807) is 6.20 Å². The summed E-state index contributed by atoms with van der Waals surface area (Å²) in [5.41, 5.74) is 9.69. The van der Waals surface area contributed by atoms with Gasteiger partial charge in [0, 0.05) is 25.7 Å². The van der Waals surface area contributed by atoms with E-state index < -0.39 is 18.2 Å². The molecule has 0 spiro atoms. The van der Waals surface area contributed by atoms with Crippen molar-refractivity contribution in [3.8, 4) is 33.5 Å².